The molecule has 0 radical (unpaired) electrons. The van der Waals surface area contributed by atoms with E-state index in [1.54, 1.807) is 0 Å². The van der Waals surface area contributed by atoms with Crippen LogP contribution in [0.15, 0.2) is 91.0 Å². The molecule has 0 aromatic heterocycles. The van der Waals surface area contributed by atoms with Gasteiger partial charge in [0.1, 0.15) is 0 Å². The molecule has 4 aromatic carbocycles. The van der Waals surface area contributed by atoms with E-state index in [2.05, 4.69) is 108 Å². The van der Waals surface area contributed by atoms with Gasteiger partial charge in [0.05, 0.1) is 5.41 Å². The van der Waals surface area contributed by atoms with Gasteiger partial charge in [-0.15, -0.1) is 0 Å². The van der Waals surface area contributed by atoms with Crippen LogP contribution < -0.4 is 4.90 Å². The fourth-order valence-electron chi connectivity index (χ4n) is 6.75. The highest BCUT2D eigenvalue weighted by Gasteiger charge is 2.47. The van der Waals surface area contributed by atoms with Crippen LogP contribution in [0.2, 0.25) is 0 Å². The van der Waals surface area contributed by atoms with Gasteiger partial charge in [0.2, 0.25) is 0 Å². The number of nitrogens with zero attached hydrogens (tertiary/aromatic N) is 2. The Hall–Kier alpha value is -3.43. The van der Waals surface area contributed by atoms with Crippen LogP contribution in [0.1, 0.15) is 53.2 Å². The fraction of sp³-hybridized carbons (Fsp3) is 0.343. The second-order valence-corrected chi connectivity index (χ2v) is 11.1. The molecule has 0 atom stereocenters. The zero-order valence-corrected chi connectivity index (χ0v) is 22.5. The van der Waals surface area contributed by atoms with E-state index in [-0.39, 0.29) is 5.78 Å². The Bertz CT molecular complexity index is 1370. The molecule has 1 aliphatic heterocycles. The average Bonchev–Trinajstić information content (AvgIpc) is 3.09. The maximum atomic E-state index is 14.5. The molecule has 0 amide bonds. The van der Waals surface area contributed by atoms with Gasteiger partial charge in [-0.05, 0) is 66.9 Å². The van der Waals surface area contributed by atoms with Crippen molar-refractivity contribution in [3.05, 3.63) is 113 Å². The largest absolute Gasteiger partial charge is 0.370 e. The van der Waals surface area contributed by atoms with E-state index in [9.17, 15) is 4.79 Å². The first kappa shape index (κ1) is 24.9. The van der Waals surface area contributed by atoms with E-state index in [0.717, 1.165) is 25.2 Å². The number of Topliss-reactive ketones (excluding diaryl/α,β-unsaturated/α-hetero) is 1. The summed E-state index contributed by atoms with van der Waals surface area (Å²) < 4.78 is 0. The summed E-state index contributed by atoms with van der Waals surface area (Å²) in [7, 11) is 0. The second-order valence-electron chi connectivity index (χ2n) is 11.1. The molecule has 1 aliphatic carbocycles. The van der Waals surface area contributed by atoms with Gasteiger partial charge in [-0.3, -0.25) is 4.79 Å². The lowest BCUT2D eigenvalue weighted by molar-refractivity contribution is 0.0892. The Morgan fingerprint density at radius 3 is 2.13 bits per heavy atom. The summed E-state index contributed by atoms with van der Waals surface area (Å²) >= 11 is 0. The van der Waals surface area contributed by atoms with E-state index in [0.29, 0.717) is 12.8 Å². The molecule has 3 nitrogen and oxygen atoms in total. The van der Waals surface area contributed by atoms with E-state index in [4.69, 9.17) is 0 Å². The molecule has 4 aromatic rings. The van der Waals surface area contributed by atoms with Gasteiger partial charge < -0.3 is 9.80 Å². The van der Waals surface area contributed by atoms with Gasteiger partial charge >= 0.3 is 0 Å². The predicted octanol–water partition coefficient (Wildman–Crippen LogP) is 7.07. The molecule has 0 spiro atoms. The van der Waals surface area contributed by atoms with Gasteiger partial charge in [0.15, 0.2) is 5.78 Å². The molecule has 3 heteroatoms. The highest BCUT2D eigenvalue weighted by atomic mass is 16.1. The van der Waals surface area contributed by atoms with Crippen molar-refractivity contribution in [1.82, 2.24) is 4.90 Å². The minimum absolute atomic E-state index is 0.268. The van der Waals surface area contributed by atoms with E-state index in [1.807, 2.05) is 0 Å². The number of rotatable bonds is 8. The van der Waals surface area contributed by atoms with Crippen molar-refractivity contribution in [2.24, 2.45) is 0 Å². The Balaban J connectivity index is 1.43. The summed E-state index contributed by atoms with van der Waals surface area (Å²) in [6.07, 6.45) is 5.12. The van der Waals surface area contributed by atoms with Crippen LogP contribution in [-0.4, -0.2) is 43.4 Å². The van der Waals surface area contributed by atoms with Crippen molar-refractivity contribution in [2.45, 2.75) is 44.4 Å². The van der Waals surface area contributed by atoms with Crippen LogP contribution in [0.25, 0.3) is 10.8 Å². The lowest BCUT2D eigenvalue weighted by Crippen LogP contribution is -2.37. The van der Waals surface area contributed by atoms with Crippen molar-refractivity contribution < 1.29 is 4.79 Å². The minimum atomic E-state index is -0.598. The number of benzene rings is 4. The van der Waals surface area contributed by atoms with E-state index in [1.165, 1.54) is 65.5 Å². The number of hydrogen-bond acceptors (Lipinski definition) is 3. The summed E-state index contributed by atoms with van der Waals surface area (Å²) in [6, 6.07) is 32.1. The molecule has 1 fully saturated rings. The average molecular weight is 503 g/mol. The molecular formula is C35H38N2O. The molecule has 1 heterocycles. The van der Waals surface area contributed by atoms with Crippen molar-refractivity contribution >= 4 is 22.2 Å². The second kappa shape index (κ2) is 10.7. The van der Waals surface area contributed by atoms with E-state index < -0.39 is 5.41 Å². The molecular weight excluding hydrogens is 464 g/mol. The molecule has 38 heavy (non-hydrogen) atoms. The number of ketones is 1. The zero-order valence-electron chi connectivity index (χ0n) is 22.5. The molecule has 1 saturated heterocycles. The third kappa shape index (κ3) is 4.54. The first-order valence-electron chi connectivity index (χ1n) is 14.4. The van der Waals surface area contributed by atoms with E-state index >= 15 is 0 Å². The van der Waals surface area contributed by atoms with Crippen LogP contribution in [0, 0.1) is 0 Å². The summed E-state index contributed by atoms with van der Waals surface area (Å²) in [5.74, 6) is 0.268. The summed E-state index contributed by atoms with van der Waals surface area (Å²) in [5, 5.41) is 2.41. The molecule has 0 saturated carbocycles. The number of hydrogen-bond donors (Lipinski definition) is 0. The number of unbranched alkanes of at least 4 members (excludes halogenated alkanes) is 1. The van der Waals surface area contributed by atoms with Crippen LogP contribution >= 0.6 is 0 Å². The van der Waals surface area contributed by atoms with Crippen LogP contribution in [0.5, 0.6) is 0 Å². The predicted molar refractivity (Wildman–Crippen MR) is 158 cm³/mol. The van der Waals surface area contributed by atoms with Gasteiger partial charge in [0, 0.05) is 36.3 Å². The minimum Gasteiger partial charge on any atom is -0.370 e. The topological polar surface area (TPSA) is 23.6 Å². The number of carbonyl (C=O) groups is 1. The quantitative estimate of drug-likeness (QED) is 0.257. The third-order valence-electron chi connectivity index (χ3n) is 8.67. The molecule has 194 valence electrons. The van der Waals surface area contributed by atoms with Gasteiger partial charge in [-0.2, -0.15) is 0 Å². The normalized spacial score (nSPS) is 17.2. The van der Waals surface area contributed by atoms with Crippen LogP contribution in [0.3, 0.4) is 0 Å². The third-order valence-corrected chi connectivity index (χ3v) is 8.67. The first-order valence-corrected chi connectivity index (χ1v) is 14.4. The summed E-state index contributed by atoms with van der Waals surface area (Å²) in [6.45, 7) is 7.85. The van der Waals surface area contributed by atoms with Gasteiger partial charge in [-0.1, -0.05) is 98.3 Å². The Kier molecular flexibility index (Phi) is 7.04. The van der Waals surface area contributed by atoms with Crippen LogP contribution in [-0.2, 0) is 18.3 Å². The van der Waals surface area contributed by atoms with Crippen molar-refractivity contribution in [3.63, 3.8) is 0 Å². The number of anilines is 1. The highest BCUT2D eigenvalue weighted by Crippen LogP contribution is 2.48. The van der Waals surface area contributed by atoms with Crippen molar-refractivity contribution in [2.75, 3.05) is 37.6 Å². The smallest absolute Gasteiger partial charge is 0.174 e. The SMILES string of the molecule is CCCCN1CCCN(c2ccc3c4c(cccc24)C(=O)C3(Cc2ccccc2)Cc2ccccc2)CC1. The lowest BCUT2D eigenvalue weighted by atomic mass is 9.71. The molecule has 0 bridgehead atoms. The standard InChI is InChI=1S/C35H38N2O/c1-2-3-20-36-21-11-22-37(24-23-36)32-19-18-31-33-29(32)16-10-17-30(33)34(38)35(31,25-27-12-6-4-7-13-27)26-28-14-8-5-9-15-28/h4-10,12-19H,2-3,11,20-26H2,1H3. The van der Waals surface area contributed by atoms with Crippen molar-refractivity contribution in [3.8, 4) is 0 Å². The van der Waals surface area contributed by atoms with Crippen molar-refractivity contribution in [1.29, 1.82) is 0 Å². The van der Waals surface area contributed by atoms with Crippen LogP contribution in [0.4, 0.5) is 5.69 Å². The molecule has 2 aliphatic rings. The molecule has 0 unspecified atom stereocenters. The zero-order chi connectivity index (χ0) is 26.0. The fourth-order valence-corrected chi connectivity index (χ4v) is 6.75. The van der Waals surface area contributed by atoms with Gasteiger partial charge in [-0.25, -0.2) is 0 Å². The Morgan fingerprint density at radius 2 is 1.45 bits per heavy atom. The first-order chi connectivity index (χ1) is 18.7. The maximum absolute atomic E-state index is 14.5. The Morgan fingerprint density at radius 1 is 0.737 bits per heavy atom. The summed E-state index contributed by atoms with van der Waals surface area (Å²) in [5.41, 5.74) is 5.20. The lowest BCUT2D eigenvalue weighted by Gasteiger charge is -2.31. The number of carbonyl (C=O) groups excluding carboxylic acids is 1. The molecule has 6 rings (SSSR count). The monoisotopic (exact) mass is 502 g/mol. The maximum Gasteiger partial charge on any atom is 0.174 e. The highest BCUT2D eigenvalue weighted by molar-refractivity contribution is 6.22. The molecule has 0 N–H and O–H groups in total. The summed E-state index contributed by atoms with van der Waals surface area (Å²) in [4.78, 5) is 19.7. The Labute approximate surface area is 227 Å². The van der Waals surface area contributed by atoms with Gasteiger partial charge in [0.25, 0.3) is 0 Å².